The van der Waals surface area contributed by atoms with Crippen LogP contribution in [0.4, 0.5) is 0 Å². The van der Waals surface area contributed by atoms with Crippen molar-refractivity contribution in [2.75, 3.05) is 20.2 Å². The highest BCUT2D eigenvalue weighted by molar-refractivity contribution is 5.85. The van der Waals surface area contributed by atoms with Gasteiger partial charge in [-0.25, -0.2) is 4.79 Å². The first-order valence-electron chi connectivity index (χ1n) is 12.7. The molecule has 2 atom stereocenters. The summed E-state index contributed by atoms with van der Waals surface area (Å²) in [5.74, 6) is 1.41. The van der Waals surface area contributed by atoms with Crippen LogP contribution in [0.5, 0.6) is 11.5 Å². The van der Waals surface area contributed by atoms with Crippen LogP contribution in [0.1, 0.15) is 48.8 Å². The molecule has 36 heavy (non-hydrogen) atoms. The fraction of sp³-hybridized carbons (Fsp3) is 0.448. The van der Waals surface area contributed by atoms with E-state index >= 15 is 0 Å². The lowest BCUT2D eigenvalue weighted by atomic mass is 9.71. The lowest BCUT2D eigenvalue weighted by Gasteiger charge is -2.47. The summed E-state index contributed by atoms with van der Waals surface area (Å²) < 4.78 is 16.7. The summed E-state index contributed by atoms with van der Waals surface area (Å²) in [6.07, 6.45) is 4.51. The van der Waals surface area contributed by atoms with Crippen LogP contribution in [0, 0.1) is 12.8 Å². The molecule has 1 saturated heterocycles. The van der Waals surface area contributed by atoms with Gasteiger partial charge in [-0.05, 0) is 61.6 Å². The van der Waals surface area contributed by atoms with E-state index in [1.807, 2.05) is 48.2 Å². The summed E-state index contributed by atoms with van der Waals surface area (Å²) in [5, 5.41) is 11.7. The first-order valence-corrected chi connectivity index (χ1v) is 12.7. The molecule has 0 bridgehead atoms. The van der Waals surface area contributed by atoms with Crippen molar-refractivity contribution in [3.8, 4) is 11.5 Å². The van der Waals surface area contributed by atoms with Crippen LogP contribution in [0.2, 0.25) is 0 Å². The van der Waals surface area contributed by atoms with Gasteiger partial charge in [0.1, 0.15) is 23.7 Å². The summed E-state index contributed by atoms with van der Waals surface area (Å²) in [6.45, 7) is 3.31. The van der Waals surface area contributed by atoms with Crippen molar-refractivity contribution in [2.24, 2.45) is 5.92 Å². The largest absolute Gasteiger partial charge is 0.497 e. The number of aryl methyl sites for hydroxylation is 1. The van der Waals surface area contributed by atoms with Gasteiger partial charge < -0.3 is 23.9 Å². The number of ether oxygens (including phenoxy) is 2. The molecule has 190 valence electrons. The van der Waals surface area contributed by atoms with Gasteiger partial charge in [0.25, 0.3) is 0 Å². The van der Waals surface area contributed by atoms with Crippen LogP contribution in [0.3, 0.4) is 0 Å². The zero-order valence-corrected chi connectivity index (χ0v) is 20.9. The number of carbonyl (C=O) groups excluding carboxylic acids is 1. The monoisotopic (exact) mass is 491 g/mol. The minimum absolute atomic E-state index is 0.00494. The predicted octanol–water partition coefficient (Wildman–Crippen LogP) is 4.39. The van der Waals surface area contributed by atoms with Crippen molar-refractivity contribution in [1.82, 2.24) is 4.90 Å². The standard InChI is InChI=1S/C29H33NO6/c1-19-24-11-10-23(35-18-20-6-8-22(34-2)9-7-20)15-26(24)36-28(32)25(19)16-27(31)30-14-13-29(33)12-4-3-5-21(29)17-30/h6-11,15,21,33H,3-5,12-14,16-18H2,1-2H3/t21-,29-/m0/s1. The number of benzene rings is 2. The maximum atomic E-state index is 13.1. The van der Waals surface area contributed by atoms with E-state index in [1.54, 1.807) is 13.2 Å². The van der Waals surface area contributed by atoms with E-state index in [0.29, 0.717) is 43.0 Å². The number of amides is 1. The van der Waals surface area contributed by atoms with E-state index in [2.05, 4.69) is 0 Å². The molecule has 1 aliphatic carbocycles. The molecule has 2 fully saturated rings. The third-order valence-corrected chi connectivity index (χ3v) is 7.93. The molecule has 1 aromatic heterocycles. The zero-order chi connectivity index (χ0) is 25.3. The molecule has 0 radical (unpaired) electrons. The van der Waals surface area contributed by atoms with E-state index in [0.717, 1.165) is 47.9 Å². The fourth-order valence-electron chi connectivity index (χ4n) is 5.62. The predicted molar refractivity (Wildman–Crippen MR) is 136 cm³/mol. The molecule has 2 aliphatic rings. The van der Waals surface area contributed by atoms with E-state index in [4.69, 9.17) is 13.9 Å². The van der Waals surface area contributed by atoms with E-state index in [-0.39, 0.29) is 18.2 Å². The molecule has 1 N–H and O–H groups in total. The Hall–Kier alpha value is -3.32. The third kappa shape index (κ3) is 4.85. The molecule has 5 rings (SSSR count). The van der Waals surface area contributed by atoms with Crippen molar-refractivity contribution in [3.63, 3.8) is 0 Å². The normalized spacial score (nSPS) is 21.8. The van der Waals surface area contributed by atoms with Crippen molar-refractivity contribution in [3.05, 3.63) is 69.6 Å². The minimum Gasteiger partial charge on any atom is -0.497 e. The van der Waals surface area contributed by atoms with Crippen LogP contribution in [-0.2, 0) is 17.8 Å². The van der Waals surface area contributed by atoms with Gasteiger partial charge in [0.2, 0.25) is 5.91 Å². The van der Waals surface area contributed by atoms with Gasteiger partial charge in [-0.1, -0.05) is 25.0 Å². The van der Waals surface area contributed by atoms with Crippen LogP contribution in [-0.4, -0.2) is 41.7 Å². The molecule has 2 aromatic carbocycles. The lowest BCUT2D eigenvalue weighted by Crippen LogP contribution is -2.55. The van der Waals surface area contributed by atoms with E-state index in [1.165, 1.54) is 0 Å². The average Bonchev–Trinajstić information content (AvgIpc) is 2.89. The molecular weight excluding hydrogens is 458 g/mol. The van der Waals surface area contributed by atoms with Crippen LogP contribution < -0.4 is 15.1 Å². The molecule has 7 nitrogen and oxygen atoms in total. The highest BCUT2D eigenvalue weighted by Gasteiger charge is 2.43. The molecular formula is C29H33NO6. The fourth-order valence-corrected chi connectivity index (χ4v) is 5.62. The Morgan fingerprint density at radius 3 is 2.69 bits per heavy atom. The van der Waals surface area contributed by atoms with Gasteiger partial charge in [0, 0.05) is 30.5 Å². The number of likely N-dealkylation sites (tertiary alicyclic amines) is 1. The molecule has 7 heteroatoms. The maximum Gasteiger partial charge on any atom is 0.340 e. The SMILES string of the molecule is COc1ccc(COc2ccc3c(C)c(CC(=O)N4CC[C@@]5(O)CCCC[C@H]5C4)c(=O)oc3c2)cc1. The second kappa shape index (κ2) is 9.97. The Balaban J connectivity index is 1.29. The van der Waals surface area contributed by atoms with Crippen molar-refractivity contribution < 1.29 is 23.8 Å². The Morgan fingerprint density at radius 1 is 1.14 bits per heavy atom. The van der Waals surface area contributed by atoms with Gasteiger partial charge in [0.15, 0.2) is 0 Å². The van der Waals surface area contributed by atoms with E-state index in [9.17, 15) is 14.7 Å². The summed E-state index contributed by atoms with van der Waals surface area (Å²) in [7, 11) is 1.63. The van der Waals surface area contributed by atoms with Gasteiger partial charge in [-0.15, -0.1) is 0 Å². The van der Waals surface area contributed by atoms with Gasteiger partial charge in [-0.3, -0.25) is 4.79 Å². The Labute approximate surface area is 210 Å². The molecule has 0 spiro atoms. The summed E-state index contributed by atoms with van der Waals surface area (Å²) in [5.41, 5.74) is 1.44. The maximum absolute atomic E-state index is 13.1. The van der Waals surface area contributed by atoms with Crippen LogP contribution in [0.25, 0.3) is 11.0 Å². The highest BCUT2D eigenvalue weighted by atomic mass is 16.5. The number of hydrogen-bond donors (Lipinski definition) is 1. The number of hydrogen-bond acceptors (Lipinski definition) is 6. The van der Waals surface area contributed by atoms with Crippen molar-refractivity contribution >= 4 is 16.9 Å². The number of methoxy groups -OCH3 is 1. The van der Waals surface area contributed by atoms with Gasteiger partial charge in [-0.2, -0.15) is 0 Å². The minimum atomic E-state index is -0.639. The quantitative estimate of drug-likeness (QED) is 0.515. The molecule has 1 amide bonds. The summed E-state index contributed by atoms with van der Waals surface area (Å²) >= 11 is 0. The van der Waals surface area contributed by atoms with E-state index < -0.39 is 11.2 Å². The number of nitrogens with zero attached hydrogens (tertiary/aromatic N) is 1. The zero-order valence-electron chi connectivity index (χ0n) is 20.9. The summed E-state index contributed by atoms with van der Waals surface area (Å²) in [4.78, 5) is 27.8. The lowest BCUT2D eigenvalue weighted by molar-refractivity contribution is -0.142. The van der Waals surface area contributed by atoms with Gasteiger partial charge >= 0.3 is 5.63 Å². The molecule has 3 aromatic rings. The topological polar surface area (TPSA) is 89.2 Å². The van der Waals surface area contributed by atoms with Crippen molar-refractivity contribution in [2.45, 2.75) is 57.7 Å². The number of carbonyl (C=O) groups is 1. The van der Waals surface area contributed by atoms with Gasteiger partial charge in [0.05, 0.1) is 24.7 Å². The smallest absolute Gasteiger partial charge is 0.340 e. The number of rotatable bonds is 6. The molecule has 1 saturated carbocycles. The third-order valence-electron chi connectivity index (χ3n) is 7.93. The van der Waals surface area contributed by atoms with Crippen LogP contribution >= 0.6 is 0 Å². The van der Waals surface area contributed by atoms with Crippen LogP contribution in [0.15, 0.2) is 51.7 Å². The van der Waals surface area contributed by atoms with Crippen molar-refractivity contribution in [1.29, 1.82) is 0 Å². The first kappa shape index (κ1) is 24.4. The number of fused-ring (bicyclic) bond motifs is 2. The second-order valence-electron chi connectivity index (χ2n) is 10.1. The first-order chi connectivity index (χ1) is 17.4. The number of piperidine rings is 1. The molecule has 2 heterocycles. The second-order valence-corrected chi connectivity index (χ2v) is 10.1. The Bertz CT molecular complexity index is 1310. The summed E-state index contributed by atoms with van der Waals surface area (Å²) in [6, 6.07) is 13.1. The number of aliphatic hydroxyl groups is 1. The molecule has 1 aliphatic heterocycles. The Morgan fingerprint density at radius 2 is 1.92 bits per heavy atom. The average molecular weight is 492 g/mol. The Kier molecular flexibility index (Phi) is 6.75. The molecule has 0 unspecified atom stereocenters. The highest BCUT2D eigenvalue weighted by Crippen LogP contribution is 2.40.